The van der Waals surface area contributed by atoms with E-state index in [0.717, 1.165) is 18.0 Å². The van der Waals surface area contributed by atoms with Gasteiger partial charge in [-0.05, 0) is 73.6 Å². The molecule has 0 saturated heterocycles. The molecule has 0 saturated carbocycles. The lowest BCUT2D eigenvalue weighted by Crippen LogP contribution is -2.31. The van der Waals surface area contributed by atoms with Crippen LogP contribution in [0.2, 0.25) is 0 Å². The van der Waals surface area contributed by atoms with Crippen LogP contribution in [-0.2, 0) is 10.0 Å². The number of rotatable bonds is 12. The van der Waals surface area contributed by atoms with Gasteiger partial charge in [-0.2, -0.15) is 0 Å². The van der Waals surface area contributed by atoms with Crippen LogP contribution in [0.25, 0.3) is 23.1 Å². The molecule has 1 atom stereocenters. The number of aromatic nitrogens is 1. The van der Waals surface area contributed by atoms with Crippen molar-refractivity contribution in [3.63, 3.8) is 0 Å². The molecule has 244 valence electrons. The van der Waals surface area contributed by atoms with Crippen molar-refractivity contribution in [2.24, 2.45) is 0 Å². The van der Waals surface area contributed by atoms with Gasteiger partial charge in [0.15, 0.2) is 11.6 Å². The number of pyridine rings is 1. The molecule has 6 rings (SSSR count). The number of sulfonamides is 1. The summed E-state index contributed by atoms with van der Waals surface area (Å²) in [5, 5.41) is 0.299. The van der Waals surface area contributed by atoms with Gasteiger partial charge in [0.25, 0.3) is 11.8 Å². The Labute approximate surface area is 278 Å². The first-order valence-corrected chi connectivity index (χ1v) is 17.2. The summed E-state index contributed by atoms with van der Waals surface area (Å²) >= 11 is 0. The maximum absolute atomic E-state index is 13.8. The second-order valence-electron chi connectivity index (χ2n) is 11.7. The Balaban J connectivity index is 1.45. The molecular formula is C37H34N4O6S. The van der Waals surface area contributed by atoms with Gasteiger partial charge in [-0.3, -0.25) is 19.2 Å². The zero-order chi connectivity index (χ0) is 34.3. The molecule has 1 aromatic heterocycles. The minimum absolute atomic E-state index is 0.0754. The van der Waals surface area contributed by atoms with Crippen molar-refractivity contribution >= 4 is 62.1 Å². The lowest BCUT2D eigenvalue weighted by Gasteiger charge is -2.19. The molecule has 1 N–H and O–H groups in total. The molecule has 0 radical (unpaired) electrons. The number of ketones is 2. The minimum atomic E-state index is -4.09. The fourth-order valence-electron chi connectivity index (χ4n) is 6.23. The van der Waals surface area contributed by atoms with Gasteiger partial charge in [-0.15, -0.1) is 0 Å². The van der Waals surface area contributed by atoms with Gasteiger partial charge in [0, 0.05) is 23.1 Å². The Morgan fingerprint density at radius 3 is 2.10 bits per heavy atom. The average molecular weight is 663 g/mol. The summed E-state index contributed by atoms with van der Waals surface area (Å²) in [4.78, 5) is 62.2. The number of benzene rings is 3. The number of nitrogens with zero attached hydrogens (tertiary/aromatic N) is 3. The Morgan fingerprint density at radius 1 is 0.812 bits per heavy atom. The summed E-state index contributed by atoms with van der Waals surface area (Å²) in [5.41, 5.74) is 2.26. The van der Waals surface area contributed by atoms with Crippen LogP contribution < -0.4 is 9.62 Å². The third kappa shape index (κ3) is 5.59. The van der Waals surface area contributed by atoms with E-state index < -0.39 is 39.3 Å². The third-order valence-electron chi connectivity index (χ3n) is 8.93. The van der Waals surface area contributed by atoms with Gasteiger partial charge in [0.2, 0.25) is 10.0 Å². The van der Waals surface area contributed by atoms with Gasteiger partial charge in [0.1, 0.15) is 5.92 Å². The van der Waals surface area contributed by atoms with Crippen molar-refractivity contribution < 1.29 is 27.6 Å². The molecular weight excluding hydrogens is 628 g/mol. The number of anilines is 1. The maximum atomic E-state index is 13.8. The van der Waals surface area contributed by atoms with E-state index in [4.69, 9.17) is 0 Å². The summed E-state index contributed by atoms with van der Waals surface area (Å²) in [6, 6.07) is 15.3. The van der Waals surface area contributed by atoms with Crippen LogP contribution in [0, 0.1) is 0 Å². The first kappa shape index (κ1) is 32.8. The first-order chi connectivity index (χ1) is 23.0. The predicted octanol–water partition coefficient (Wildman–Crippen LogP) is 5.49. The number of Topliss-reactive ketones (excluding diaryl/α,β-unsaturated/α-hetero) is 2. The van der Waals surface area contributed by atoms with Crippen LogP contribution in [0.3, 0.4) is 0 Å². The largest absolute Gasteiger partial charge is 0.304 e. The first-order valence-electron chi connectivity index (χ1n) is 15.7. The van der Waals surface area contributed by atoms with Crippen molar-refractivity contribution in [2.45, 2.75) is 31.1 Å². The van der Waals surface area contributed by atoms with Crippen molar-refractivity contribution in [1.82, 2.24) is 14.6 Å². The van der Waals surface area contributed by atoms with E-state index in [9.17, 15) is 27.6 Å². The number of imide groups is 1. The fourth-order valence-corrected chi connectivity index (χ4v) is 7.36. The molecule has 0 bridgehead atoms. The lowest BCUT2D eigenvalue weighted by molar-refractivity contribution is 0.0882. The van der Waals surface area contributed by atoms with E-state index in [-0.39, 0.29) is 50.6 Å². The smallest absolute Gasteiger partial charge is 0.266 e. The van der Waals surface area contributed by atoms with Crippen LogP contribution in [0.1, 0.15) is 84.4 Å². The molecule has 1 unspecified atom stereocenters. The van der Waals surface area contributed by atoms with Crippen molar-refractivity contribution in [1.29, 1.82) is 0 Å². The summed E-state index contributed by atoms with van der Waals surface area (Å²) in [5.74, 6) is -3.42. The third-order valence-corrected chi connectivity index (χ3v) is 10.4. The van der Waals surface area contributed by atoms with Gasteiger partial charge in [0.05, 0.1) is 32.9 Å². The minimum Gasteiger partial charge on any atom is -0.304 e. The standard InChI is InChI=1S/C37H34N4O6S/c1-5-22-10-13-26-28(18-22)35(43)32(34(26)42)30-15-12-24-20-25(48(46,47)38-16-9-17-40(7-3)8-4)21-31(33(24)39-30)41-36(44)27-14-11-23(6-2)19-29(27)37(41)45/h5-6,10-15,18-21,32,38H,1-2,7-9,16-17H2,3-4H3. The molecule has 2 heterocycles. The Kier molecular flexibility index (Phi) is 8.78. The average Bonchev–Trinajstić information content (AvgIpc) is 3.50. The topological polar surface area (TPSA) is 134 Å². The Morgan fingerprint density at radius 2 is 1.44 bits per heavy atom. The number of hydrogen-bond donors (Lipinski definition) is 1. The highest BCUT2D eigenvalue weighted by atomic mass is 32.2. The number of fused-ring (bicyclic) bond motifs is 3. The molecule has 48 heavy (non-hydrogen) atoms. The molecule has 3 aromatic carbocycles. The van der Waals surface area contributed by atoms with Crippen LogP contribution >= 0.6 is 0 Å². The molecule has 0 spiro atoms. The van der Waals surface area contributed by atoms with Crippen LogP contribution in [-0.4, -0.2) is 67.9 Å². The van der Waals surface area contributed by atoms with Gasteiger partial charge in [-0.1, -0.05) is 63.4 Å². The van der Waals surface area contributed by atoms with Crippen LogP contribution in [0.15, 0.2) is 78.7 Å². The van der Waals surface area contributed by atoms with Gasteiger partial charge >= 0.3 is 0 Å². The normalized spacial score (nSPS) is 15.8. The van der Waals surface area contributed by atoms with Gasteiger partial charge < -0.3 is 4.90 Å². The van der Waals surface area contributed by atoms with E-state index in [0.29, 0.717) is 29.5 Å². The van der Waals surface area contributed by atoms with Crippen LogP contribution in [0.5, 0.6) is 0 Å². The molecule has 1 aliphatic carbocycles. The maximum Gasteiger partial charge on any atom is 0.266 e. The van der Waals surface area contributed by atoms with E-state index in [1.165, 1.54) is 24.3 Å². The Hall–Kier alpha value is -5.10. The number of amides is 2. The number of nitrogens with one attached hydrogen (secondary N) is 1. The molecule has 11 heteroatoms. The molecule has 4 aromatic rings. The number of carbonyl (C=O) groups excluding carboxylic acids is 4. The Bertz CT molecular complexity index is 2170. The van der Waals surface area contributed by atoms with Crippen molar-refractivity contribution in [2.75, 3.05) is 31.1 Å². The highest BCUT2D eigenvalue weighted by Gasteiger charge is 2.42. The van der Waals surface area contributed by atoms with E-state index in [2.05, 4.69) is 27.8 Å². The zero-order valence-corrected chi connectivity index (χ0v) is 27.5. The lowest BCUT2D eigenvalue weighted by atomic mass is 9.98. The molecule has 0 fully saturated rings. The van der Waals surface area contributed by atoms with E-state index >= 15 is 0 Å². The summed E-state index contributed by atoms with van der Waals surface area (Å²) in [7, 11) is -4.09. The highest BCUT2D eigenvalue weighted by molar-refractivity contribution is 7.89. The second-order valence-corrected chi connectivity index (χ2v) is 13.4. The van der Waals surface area contributed by atoms with Crippen molar-refractivity contribution in [3.05, 3.63) is 113 Å². The van der Waals surface area contributed by atoms with Crippen molar-refractivity contribution in [3.8, 4) is 0 Å². The zero-order valence-electron chi connectivity index (χ0n) is 26.7. The fraction of sp³-hybridized carbons (Fsp3) is 0.216. The summed E-state index contributed by atoms with van der Waals surface area (Å²) in [6.45, 7) is 14.1. The van der Waals surface area contributed by atoms with Crippen LogP contribution in [0.4, 0.5) is 5.69 Å². The quantitative estimate of drug-likeness (QED) is 0.120. The number of hydrogen-bond acceptors (Lipinski definition) is 8. The molecule has 10 nitrogen and oxygen atoms in total. The molecule has 1 aliphatic heterocycles. The monoisotopic (exact) mass is 662 g/mol. The second kappa shape index (κ2) is 12.8. The molecule has 2 amide bonds. The van der Waals surface area contributed by atoms with Gasteiger partial charge in [-0.25, -0.2) is 23.0 Å². The summed E-state index contributed by atoms with van der Waals surface area (Å²) < 4.78 is 29.8. The summed E-state index contributed by atoms with van der Waals surface area (Å²) in [6.07, 6.45) is 3.71. The highest BCUT2D eigenvalue weighted by Crippen LogP contribution is 2.39. The SMILES string of the molecule is C=Cc1ccc2c(c1)C(=O)C(c1ccc3cc(S(=O)(=O)NCCCN(CC)CC)cc(N4C(=O)c5ccc(C=C)cc5C4=O)c3n1)C2=O. The molecule has 2 aliphatic rings. The van der Waals surface area contributed by atoms with E-state index in [1.54, 1.807) is 48.6 Å². The predicted molar refractivity (Wildman–Crippen MR) is 185 cm³/mol. The van der Waals surface area contributed by atoms with E-state index in [1.807, 2.05) is 13.8 Å². The number of carbonyl (C=O) groups is 4.